The van der Waals surface area contributed by atoms with E-state index in [-0.39, 0.29) is 24.8 Å². The Morgan fingerprint density at radius 3 is 2.74 bits per heavy atom. The summed E-state index contributed by atoms with van der Waals surface area (Å²) < 4.78 is 7.07. The number of anilines is 1. The Kier molecular flexibility index (Phi) is 4.14. The number of fused-ring (bicyclic) bond motifs is 2. The molecule has 0 aliphatic carbocycles. The molecule has 1 aromatic heterocycles. The van der Waals surface area contributed by atoms with Crippen LogP contribution < -0.4 is 9.64 Å². The zero-order chi connectivity index (χ0) is 19.1. The van der Waals surface area contributed by atoms with Gasteiger partial charge in [0.1, 0.15) is 17.8 Å². The third-order valence-electron chi connectivity index (χ3n) is 4.96. The number of hydrogen-bond acceptors (Lipinski definition) is 5. The molecule has 2 aromatic carbocycles. The molecule has 7 nitrogen and oxygen atoms in total. The number of likely N-dealkylation sites (N-methyl/N-ethyl adjacent to an activating group) is 1. The molecule has 1 amide bonds. The monoisotopic (exact) mass is 364 g/mol. The fraction of sp³-hybridized carbons (Fsp3) is 0.300. The topological polar surface area (TPSA) is 77.3 Å². The van der Waals surface area contributed by atoms with Gasteiger partial charge in [0.25, 0.3) is 5.91 Å². The molecular formula is C20H20N4O3. The number of ketones is 1. The third kappa shape index (κ3) is 2.95. The van der Waals surface area contributed by atoms with E-state index in [9.17, 15) is 9.59 Å². The van der Waals surface area contributed by atoms with Crippen LogP contribution in [0.5, 0.6) is 5.75 Å². The van der Waals surface area contributed by atoms with Gasteiger partial charge in [-0.2, -0.15) is 0 Å². The predicted octanol–water partition coefficient (Wildman–Crippen LogP) is 2.68. The number of ether oxygens (including phenoxy) is 1. The Hall–Kier alpha value is -3.22. The van der Waals surface area contributed by atoms with E-state index in [1.54, 1.807) is 27.8 Å². The van der Waals surface area contributed by atoms with Crippen molar-refractivity contribution < 1.29 is 14.3 Å². The molecule has 0 spiro atoms. The van der Waals surface area contributed by atoms with Crippen LogP contribution in [0.4, 0.5) is 5.69 Å². The maximum Gasteiger partial charge on any atom is 0.265 e. The number of amides is 1. The van der Waals surface area contributed by atoms with Crippen molar-refractivity contribution in [3.05, 3.63) is 47.0 Å². The maximum atomic E-state index is 12.8. The lowest BCUT2D eigenvalue weighted by molar-refractivity contribution is -0.121. The van der Waals surface area contributed by atoms with Crippen molar-refractivity contribution >= 4 is 28.4 Å². The summed E-state index contributed by atoms with van der Waals surface area (Å²) in [5.41, 5.74) is 5.01. The molecule has 0 bridgehead atoms. The van der Waals surface area contributed by atoms with E-state index in [2.05, 4.69) is 10.3 Å². The number of Topliss-reactive ketones (excluding diaryl/α,β-unsaturated/α-hetero) is 1. The van der Waals surface area contributed by atoms with Crippen molar-refractivity contribution in [3.8, 4) is 5.75 Å². The lowest BCUT2D eigenvalue weighted by Crippen LogP contribution is -2.38. The van der Waals surface area contributed by atoms with Crippen LogP contribution in [0.3, 0.4) is 0 Å². The van der Waals surface area contributed by atoms with E-state index in [1.807, 2.05) is 32.9 Å². The van der Waals surface area contributed by atoms with Crippen molar-refractivity contribution in [2.24, 2.45) is 0 Å². The smallest absolute Gasteiger partial charge is 0.265 e. The number of aryl methyl sites for hydroxylation is 2. The second-order valence-electron chi connectivity index (χ2n) is 6.70. The molecule has 0 unspecified atom stereocenters. The van der Waals surface area contributed by atoms with Crippen molar-refractivity contribution in [2.45, 2.75) is 27.3 Å². The van der Waals surface area contributed by atoms with Crippen LogP contribution in [0.15, 0.2) is 30.3 Å². The molecule has 0 N–H and O–H groups in total. The zero-order valence-electron chi connectivity index (χ0n) is 15.5. The van der Waals surface area contributed by atoms with Crippen LogP contribution >= 0.6 is 0 Å². The molecule has 0 saturated heterocycles. The van der Waals surface area contributed by atoms with Gasteiger partial charge in [0.05, 0.1) is 11.2 Å². The molecule has 3 aromatic rings. The molecule has 1 aliphatic heterocycles. The minimum absolute atomic E-state index is 0.0256. The summed E-state index contributed by atoms with van der Waals surface area (Å²) in [5.74, 6) is 0.407. The SMILES string of the molecule is CCN1C(=O)COc2ccc(C(=O)Cn3nnc4cc(C)c(C)cc43)cc21. The van der Waals surface area contributed by atoms with E-state index in [0.29, 0.717) is 23.5 Å². The first-order valence-electron chi connectivity index (χ1n) is 8.88. The summed E-state index contributed by atoms with van der Waals surface area (Å²) in [4.78, 5) is 26.5. The van der Waals surface area contributed by atoms with Gasteiger partial charge >= 0.3 is 0 Å². The summed E-state index contributed by atoms with van der Waals surface area (Å²) in [6.45, 7) is 6.58. The fourth-order valence-corrected chi connectivity index (χ4v) is 3.29. The van der Waals surface area contributed by atoms with Crippen LogP contribution in [0.1, 0.15) is 28.4 Å². The number of aromatic nitrogens is 3. The van der Waals surface area contributed by atoms with Gasteiger partial charge < -0.3 is 9.64 Å². The van der Waals surface area contributed by atoms with Gasteiger partial charge in [-0.25, -0.2) is 4.68 Å². The van der Waals surface area contributed by atoms with Crippen LogP contribution in [-0.4, -0.2) is 39.8 Å². The Labute approximate surface area is 156 Å². The number of hydrogen-bond donors (Lipinski definition) is 0. The first kappa shape index (κ1) is 17.2. The molecule has 138 valence electrons. The lowest BCUT2D eigenvalue weighted by atomic mass is 10.1. The molecule has 0 saturated carbocycles. The molecule has 0 atom stereocenters. The van der Waals surface area contributed by atoms with Gasteiger partial charge in [-0.3, -0.25) is 9.59 Å². The Morgan fingerprint density at radius 1 is 1.19 bits per heavy atom. The highest BCUT2D eigenvalue weighted by Gasteiger charge is 2.25. The van der Waals surface area contributed by atoms with E-state index >= 15 is 0 Å². The van der Waals surface area contributed by atoms with Gasteiger partial charge in [-0.1, -0.05) is 5.21 Å². The van der Waals surface area contributed by atoms with Gasteiger partial charge in [0.2, 0.25) is 0 Å². The number of benzene rings is 2. The third-order valence-corrected chi connectivity index (χ3v) is 4.96. The number of nitrogens with zero attached hydrogens (tertiary/aromatic N) is 4. The van der Waals surface area contributed by atoms with Gasteiger partial charge in [-0.05, 0) is 62.2 Å². The normalized spacial score (nSPS) is 13.6. The van der Waals surface area contributed by atoms with Crippen LogP contribution in [-0.2, 0) is 11.3 Å². The fourth-order valence-electron chi connectivity index (χ4n) is 3.29. The van der Waals surface area contributed by atoms with Gasteiger partial charge in [-0.15, -0.1) is 5.10 Å². The molecule has 1 aliphatic rings. The van der Waals surface area contributed by atoms with Crippen LogP contribution in [0.2, 0.25) is 0 Å². The Bertz CT molecular complexity index is 1070. The second kappa shape index (κ2) is 6.50. The largest absolute Gasteiger partial charge is 0.482 e. The van der Waals surface area contributed by atoms with E-state index < -0.39 is 0 Å². The van der Waals surface area contributed by atoms with Gasteiger partial charge in [0, 0.05) is 12.1 Å². The molecule has 0 radical (unpaired) electrons. The standard InChI is InChI=1S/C20H20N4O3/c1-4-23-17-9-14(5-6-19(17)27-11-20(23)26)18(25)10-24-16-8-13(3)12(2)7-15(16)21-22-24/h5-9H,4,10-11H2,1-3H3. The molecule has 2 heterocycles. The first-order chi connectivity index (χ1) is 13.0. The van der Waals surface area contributed by atoms with Crippen LogP contribution in [0, 0.1) is 13.8 Å². The Balaban J connectivity index is 1.65. The molecule has 27 heavy (non-hydrogen) atoms. The lowest BCUT2D eigenvalue weighted by Gasteiger charge is -2.28. The maximum absolute atomic E-state index is 12.8. The van der Waals surface area contributed by atoms with E-state index in [1.165, 1.54) is 0 Å². The second-order valence-corrected chi connectivity index (χ2v) is 6.70. The van der Waals surface area contributed by atoms with Crippen molar-refractivity contribution in [2.75, 3.05) is 18.1 Å². The zero-order valence-corrected chi connectivity index (χ0v) is 15.5. The molecule has 7 heteroatoms. The highest BCUT2D eigenvalue weighted by Crippen LogP contribution is 2.33. The van der Waals surface area contributed by atoms with Crippen LogP contribution in [0.25, 0.3) is 11.0 Å². The van der Waals surface area contributed by atoms with Gasteiger partial charge in [0.15, 0.2) is 12.4 Å². The highest BCUT2D eigenvalue weighted by molar-refractivity contribution is 6.02. The minimum Gasteiger partial charge on any atom is -0.482 e. The number of carbonyl (C=O) groups excluding carboxylic acids is 2. The van der Waals surface area contributed by atoms with E-state index in [4.69, 9.17) is 4.74 Å². The van der Waals surface area contributed by atoms with E-state index in [0.717, 1.165) is 22.2 Å². The number of rotatable bonds is 4. The average molecular weight is 364 g/mol. The summed E-state index contributed by atoms with van der Waals surface area (Å²) in [6.07, 6.45) is 0. The summed E-state index contributed by atoms with van der Waals surface area (Å²) in [7, 11) is 0. The van der Waals surface area contributed by atoms with Crippen molar-refractivity contribution in [1.82, 2.24) is 15.0 Å². The highest BCUT2D eigenvalue weighted by atomic mass is 16.5. The molecule has 4 rings (SSSR count). The first-order valence-corrected chi connectivity index (χ1v) is 8.88. The van der Waals surface area contributed by atoms with Crippen molar-refractivity contribution in [1.29, 1.82) is 0 Å². The summed E-state index contributed by atoms with van der Waals surface area (Å²) in [5, 5.41) is 8.29. The minimum atomic E-state index is -0.109. The van der Waals surface area contributed by atoms with Crippen molar-refractivity contribution in [3.63, 3.8) is 0 Å². The molecule has 0 fully saturated rings. The predicted molar refractivity (Wildman–Crippen MR) is 101 cm³/mol. The molecular weight excluding hydrogens is 344 g/mol. The Morgan fingerprint density at radius 2 is 1.96 bits per heavy atom. The summed E-state index contributed by atoms with van der Waals surface area (Å²) >= 11 is 0. The number of carbonyl (C=O) groups is 2. The quantitative estimate of drug-likeness (QED) is 0.665. The average Bonchev–Trinajstić information content (AvgIpc) is 3.03. The summed E-state index contributed by atoms with van der Waals surface area (Å²) in [6, 6.07) is 9.15.